The van der Waals surface area contributed by atoms with Crippen LogP contribution >= 0.6 is 22.9 Å². The second-order valence-corrected chi connectivity index (χ2v) is 7.67. The zero-order valence-electron chi connectivity index (χ0n) is 13.4. The third-order valence-electron chi connectivity index (χ3n) is 4.57. The van der Waals surface area contributed by atoms with Gasteiger partial charge in [-0.15, -0.1) is 11.3 Å². The van der Waals surface area contributed by atoms with Crippen LogP contribution in [-0.2, 0) is 19.4 Å². The normalized spacial score (nSPS) is 14.9. The minimum Gasteiger partial charge on any atom is -0.309 e. The summed E-state index contributed by atoms with van der Waals surface area (Å²) in [7, 11) is 0. The van der Waals surface area contributed by atoms with Crippen LogP contribution in [0.15, 0.2) is 29.1 Å². The molecular formula is C18H18ClN3OS. The molecule has 0 bridgehead atoms. The van der Waals surface area contributed by atoms with Crippen LogP contribution in [0.25, 0.3) is 10.2 Å². The standard InChI is InChI=1S/C18H18ClN3OS/c1-10(11-5-2-3-7-13(11)19)20-9-15-21-17(23)16-12-6-4-8-14(12)24-18(16)22-15/h2-3,5,7,10,20H,4,6,8-9H2,1H3,(H,21,22,23). The lowest BCUT2D eigenvalue weighted by Gasteiger charge is -2.15. The van der Waals surface area contributed by atoms with Gasteiger partial charge in [0.1, 0.15) is 10.7 Å². The van der Waals surface area contributed by atoms with Crippen LogP contribution in [0.2, 0.25) is 5.02 Å². The minimum atomic E-state index is -0.0124. The Labute approximate surface area is 148 Å². The van der Waals surface area contributed by atoms with Crippen LogP contribution in [0, 0.1) is 0 Å². The average molecular weight is 360 g/mol. The second kappa shape index (κ2) is 6.31. The number of fused-ring (bicyclic) bond motifs is 3. The molecule has 2 aromatic heterocycles. The quantitative estimate of drug-likeness (QED) is 0.740. The van der Waals surface area contributed by atoms with Gasteiger partial charge in [-0.05, 0) is 43.4 Å². The highest BCUT2D eigenvalue weighted by atomic mass is 35.5. The number of thiophene rings is 1. The number of halogens is 1. The van der Waals surface area contributed by atoms with Crippen molar-refractivity contribution in [1.29, 1.82) is 0 Å². The van der Waals surface area contributed by atoms with Gasteiger partial charge in [0.15, 0.2) is 0 Å². The summed E-state index contributed by atoms with van der Waals surface area (Å²) in [5, 5.41) is 4.93. The third-order valence-corrected chi connectivity index (χ3v) is 6.10. The predicted molar refractivity (Wildman–Crippen MR) is 99.0 cm³/mol. The van der Waals surface area contributed by atoms with E-state index in [0.29, 0.717) is 12.4 Å². The van der Waals surface area contributed by atoms with Gasteiger partial charge in [0.05, 0.1) is 11.9 Å². The van der Waals surface area contributed by atoms with Crippen molar-refractivity contribution in [3.8, 4) is 0 Å². The molecule has 0 fully saturated rings. The van der Waals surface area contributed by atoms with Gasteiger partial charge in [0.2, 0.25) is 0 Å². The molecule has 0 amide bonds. The molecule has 1 aliphatic rings. The first-order chi connectivity index (χ1) is 11.6. The smallest absolute Gasteiger partial charge is 0.259 e. The summed E-state index contributed by atoms with van der Waals surface area (Å²) in [5.41, 5.74) is 2.24. The molecule has 2 heterocycles. The fourth-order valence-electron chi connectivity index (χ4n) is 3.32. The molecule has 1 aromatic carbocycles. The molecule has 124 valence electrons. The van der Waals surface area contributed by atoms with Gasteiger partial charge in [-0.1, -0.05) is 29.8 Å². The summed E-state index contributed by atoms with van der Waals surface area (Å²) in [6.07, 6.45) is 3.23. The number of rotatable bonds is 4. The highest BCUT2D eigenvalue weighted by Gasteiger charge is 2.21. The van der Waals surface area contributed by atoms with E-state index in [0.717, 1.165) is 40.1 Å². The van der Waals surface area contributed by atoms with E-state index < -0.39 is 0 Å². The fourth-order valence-corrected chi connectivity index (χ4v) is 4.90. The van der Waals surface area contributed by atoms with E-state index in [1.807, 2.05) is 24.3 Å². The molecule has 0 aliphatic heterocycles. The molecule has 1 atom stereocenters. The molecule has 0 saturated heterocycles. The largest absolute Gasteiger partial charge is 0.309 e. The molecule has 3 aromatic rings. The molecule has 4 rings (SSSR count). The molecule has 2 N–H and O–H groups in total. The number of hydrogen-bond donors (Lipinski definition) is 2. The van der Waals surface area contributed by atoms with Crippen molar-refractivity contribution in [2.45, 2.75) is 38.8 Å². The molecule has 6 heteroatoms. The van der Waals surface area contributed by atoms with E-state index in [1.54, 1.807) is 11.3 Å². The minimum absolute atomic E-state index is 0.0124. The summed E-state index contributed by atoms with van der Waals surface area (Å²) in [4.78, 5) is 22.2. The van der Waals surface area contributed by atoms with Crippen molar-refractivity contribution in [3.63, 3.8) is 0 Å². The monoisotopic (exact) mass is 359 g/mol. The number of aromatic amines is 1. The Kier molecular flexibility index (Phi) is 4.16. The van der Waals surface area contributed by atoms with Crippen molar-refractivity contribution in [2.24, 2.45) is 0 Å². The number of aryl methyl sites for hydroxylation is 2. The SMILES string of the molecule is CC(NCc1nc2sc3c(c2c(=O)[nH]1)CCC3)c1ccccc1Cl. The van der Waals surface area contributed by atoms with E-state index in [2.05, 4.69) is 22.2 Å². The number of nitrogens with one attached hydrogen (secondary N) is 2. The van der Waals surface area contributed by atoms with Crippen molar-refractivity contribution in [2.75, 3.05) is 0 Å². The zero-order valence-corrected chi connectivity index (χ0v) is 14.9. The van der Waals surface area contributed by atoms with Gasteiger partial charge < -0.3 is 10.3 Å². The first-order valence-electron chi connectivity index (χ1n) is 8.14. The number of benzene rings is 1. The van der Waals surface area contributed by atoms with Gasteiger partial charge in [0.25, 0.3) is 5.56 Å². The van der Waals surface area contributed by atoms with E-state index >= 15 is 0 Å². The summed E-state index contributed by atoms with van der Waals surface area (Å²) >= 11 is 7.90. The van der Waals surface area contributed by atoms with Crippen molar-refractivity contribution < 1.29 is 0 Å². The van der Waals surface area contributed by atoms with Crippen LogP contribution < -0.4 is 10.9 Å². The molecular weight excluding hydrogens is 342 g/mol. The maximum atomic E-state index is 12.5. The number of hydrogen-bond acceptors (Lipinski definition) is 4. The Balaban J connectivity index is 1.57. The van der Waals surface area contributed by atoms with E-state index in [1.165, 1.54) is 10.4 Å². The van der Waals surface area contributed by atoms with Crippen LogP contribution in [0.5, 0.6) is 0 Å². The Hall–Kier alpha value is -1.69. The van der Waals surface area contributed by atoms with E-state index in [4.69, 9.17) is 11.6 Å². The van der Waals surface area contributed by atoms with Crippen LogP contribution in [0.3, 0.4) is 0 Å². The predicted octanol–water partition coefficient (Wildman–Crippen LogP) is 3.98. The maximum absolute atomic E-state index is 12.5. The average Bonchev–Trinajstić information content (AvgIpc) is 3.13. The molecule has 0 saturated carbocycles. The zero-order chi connectivity index (χ0) is 16.7. The van der Waals surface area contributed by atoms with Gasteiger partial charge in [-0.3, -0.25) is 4.79 Å². The van der Waals surface area contributed by atoms with Gasteiger partial charge in [-0.2, -0.15) is 0 Å². The molecule has 4 nitrogen and oxygen atoms in total. The highest BCUT2D eigenvalue weighted by Crippen LogP contribution is 2.34. The molecule has 0 radical (unpaired) electrons. The lowest BCUT2D eigenvalue weighted by Crippen LogP contribution is -2.22. The highest BCUT2D eigenvalue weighted by molar-refractivity contribution is 7.18. The van der Waals surface area contributed by atoms with Crippen molar-refractivity contribution in [3.05, 3.63) is 61.5 Å². The number of H-pyrrole nitrogens is 1. The number of aromatic nitrogens is 2. The summed E-state index contributed by atoms with van der Waals surface area (Å²) in [6, 6.07) is 7.85. The molecule has 1 aliphatic carbocycles. The number of nitrogens with zero attached hydrogens (tertiary/aromatic N) is 1. The first-order valence-corrected chi connectivity index (χ1v) is 9.34. The lowest BCUT2D eigenvalue weighted by atomic mass is 10.1. The first kappa shape index (κ1) is 15.8. The lowest BCUT2D eigenvalue weighted by molar-refractivity contribution is 0.560. The Morgan fingerprint density at radius 1 is 1.38 bits per heavy atom. The summed E-state index contributed by atoms with van der Waals surface area (Å²) < 4.78 is 0. The summed E-state index contributed by atoms with van der Waals surface area (Å²) in [6.45, 7) is 2.55. The van der Waals surface area contributed by atoms with Gasteiger partial charge in [-0.25, -0.2) is 4.98 Å². The van der Waals surface area contributed by atoms with Crippen molar-refractivity contribution >= 4 is 33.2 Å². The third kappa shape index (κ3) is 2.77. The van der Waals surface area contributed by atoms with Gasteiger partial charge in [0, 0.05) is 15.9 Å². The van der Waals surface area contributed by atoms with Crippen LogP contribution in [0.1, 0.15) is 41.2 Å². The summed E-state index contributed by atoms with van der Waals surface area (Å²) in [5.74, 6) is 0.673. The molecule has 0 spiro atoms. The fraction of sp³-hybridized carbons (Fsp3) is 0.333. The second-order valence-electron chi connectivity index (χ2n) is 6.17. The van der Waals surface area contributed by atoms with E-state index in [-0.39, 0.29) is 11.6 Å². The Morgan fingerprint density at radius 2 is 2.21 bits per heavy atom. The van der Waals surface area contributed by atoms with Crippen LogP contribution in [0.4, 0.5) is 0 Å². The molecule has 24 heavy (non-hydrogen) atoms. The van der Waals surface area contributed by atoms with Gasteiger partial charge >= 0.3 is 0 Å². The van der Waals surface area contributed by atoms with Crippen LogP contribution in [-0.4, -0.2) is 9.97 Å². The molecule has 1 unspecified atom stereocenters. The maximum Gasteiger partial charge on any atom is 0.259 e. The Bertz CT molecular complexity index is 963. The van der Waals surface area contributed by atoms with E-state index in [9.17, 15) is 4.79 Å². The topological polar surface area (TPSA) is 57.8 Å². The van der Waals surface area contributed by atoms with Crippen molar-refractivity contribution in [1.82, 2.24) is 15.3 Å². The Morgan fingerprint density at radius 3 is 3.04 bits per heavy atom.